The van der Waals surface area contributed by atoms with E-state index in [4.69, 9.17) is 0 Å². The summed E-state index contributed by atoms with van der Waals surface area (Å²) in [5.74, 6) is -1.15. The van der Waals surface area contributed by atoms with Crippen molar-refractivity contribution in [3.05, 3.63) is 73.1 Å². The van der Waals surface area contributed by atoms with Crippen molar-refractivity contribution in [3.63, 3.8) is 0 Å². The maximum atomic E-state index is 13.7. The maximum Gasteiger partial charge on any atom is 0.242 e. The zero-order valence-corrected chi connectivity index (χ0v) is 15.3. The number of anilines is 1. The van der Waals surface area contributed by atoms with Crippen LogP contribution >= 0.6 is 11.8 Å². The molecule has 3 rings (SSSR count). The molecule has 5 nitrogen and oxygen atoms in total. The predicted octanol–water partition coefficient (Wildman–Crippen LogP) is 3.97. The molecule has 0 aliphatic carbocycles. The van der Waals surface area contributed by atoms with Crippen LogP contribution in [0.1, 0.15) is 6.42 Å². The van der Waals surface area contributed by atoms with Crippen molar-refractivity contribution in [2.24, 2.45) is 4.99 Å². The molecule has 2 aromatic rings. The van der Waals surface area contributed by atoms with Crippen LogP contribution in [-0.4, -0.2) is 33.7 Å². The fourth-order valence-corrected chi connectivity index (χ4v) is 3.73. The van der Waals surface area contributed by atoms with Gasteiger partial charge >= 0.3 is 0 Å². The minimum Gasteiger partial charge on any atom is -0.324 e. The number of thioether (sulfide) groups is 1. The van der Waals surface area contributed by atoms with E-state index in [0.717, 1.165) is 5.69 Å². The third-order valence-corrected chi connectivity index (χ3v) is 5.01. The van der Waals surface area contributed by atoms with Crippen molar-refractivity contribution >= 4 is 40.1 Å². The molecule has 0 aromatic heterocycles. The highest BCUT2D eigenvalue weighted by molar-refractivity contribution is 8.15. The number of benzene rings is 2. The number of hydrogen-bond donors (Lipinski definition) is 1. The second-order valence-electron chi connectivity index (χ2n) is 5.81. The number of carbonyl (C=O) groups is 2. The van der Waals surface area contributed by atoms with Crippen LogP contribution in [-0.2, 0) is 9.59 Å². The Labute approximate surface area is 161 Å². The van der Waals surface area contributed by atoms with E-state index in [1.807, 2.05) is 30.3 Å². The Hall–Kier alpha value is -2.93. The molecule has 0 radical (unpaired) electrons. The first kappa shape index (κ1) is 18.8. The smallest absolute Gasteiger partial charge is 0.242 e. The van der Waals surface area contributed by atoms with Crippen LogP contribution in [0, 0.1) is 5.82 Å². The van der Waals surface area contributed by atoms with Crippen LogP contribution in [0.4, 0.5) is 15.8 Å². The number of amides is 2. The van der Waals surface area contributed by atoms with Gasteiger partial charge in [0.05, 0.1) is 11.4 Å². The highest BCUT2D eigenvalue weighted by atomic mass is 32.2. The average molecular weight is 383 g/mol. The van der Waals surface area contributed by atoms with Crippen LogP contribution < -0.4 is 5.32 Å². The van der Waals surface area contributed by atoms with Crippen LogP contribution in [0.5, 0.6) is 0 Å². The number of para-hydroxylation sites is 2. The lowest BCUT2D eigenvalue weighted by Crippen LogP contribution is -2.33. The van der Waals surface area contributed by atoms with E-state index < -0.39 is 17.0 Å². The molecule has 1 saturated heterocycles. The molecule has 7 heteroatoms. The molecule has 1 fully saturated rings. The van der Waals surface area contributed by atoms with E-state index in [0.29, 0.717) is 11.7 Å². The van der Waals surface area contributed by atoms with Crippen LogP contribution in [0.15, 0.2) is 72.2 Å². The van der Waals surface area contributed by atoms with Gasteiger partial charge in [0.1, 0.15) is 11.1 Å². The number of nitrogens with zero attached hydrogens (tertiary/aromatic N) is 2. The molecule has 0 bridgehead atoms. The normalized spacial score (nSPS) is 18.0. The zero-order chi connectivity index (χ0) is 19.2. The first-order chi connectivity index (χ1) is 13.1. The molecular weight excluding hydrogens is 365 g/mol. The summed E-state index contributed by atoms with van der Waals surface area (Å²) in [4.78, 5) is 31.0. The zero-order valence-electron chi connectivity index (χ0n) is 14.5. The Bertz CT molecular complexity index is 886. The summed E-state index contributed by atoms with van der Waals surface area (Å²) in [5.41, 5.74) is 0.817. The lowest BCUT2D eigenvalue weighted by atomic mass is 10.2. The molecule has 1 atom stereocenters. The fourth-order valence-electron chi connectivity index (χ4n) is 2.57. The van der Waals surface area contributed by atoms with E-state index in [9.17, 15) is 14.0 Å². The average Bonchev–Trinajstić information content (AvgIpc) is 2.93. The highest BCUT2D eigenvalue weighted by Crippen LogP contribution is 2.31. The van der Waals surface area contributed by atoms with E-state index in [1.165, 1.54) is 28.8 Å². The summed E-state index contributed by atoms with van der Waals surface area (Å²) in [7, 11) is 0. The number of amidine groups is 1. The molecule has 0 saturated carbocycles. The Morgan fingerprint density at radius 1 is 1.22 bits per heavy atom. The Kier molecular flexibility index (Phi) is 6.03. The van der Waals surface area contributed by atoms with Gasteiger partial charge in [-0.1, -0.05) is 48.2 Å². The van der Waals surface area contributed by atoms with E-state index in [2.05, 4.69) is 16.9 Å². The lowest BCUT2D eigenvalue weighted by molar-refractivity contribution is -0.127. The lowest BCUT2D eigenvalue weighted by Gasteiger charge is -2.13. The topological polar surface area (TPSA) is 61.8 Å². The molecule has 0 unspecified atom stereocenters. The van der Waals surface area contributed by atoms with E-state index in [1.54, 1.807) is 18.2 Å². The van der Waals surface area contributed by atoms with Crippen molar-refractivity contribution in [3.8, 4) is 0 Å². The van der Waals surface area contributed by atoms with Crippen LogP contribution in [0.25, 0.3) is 0 Å². The molecule has 1 aliphatic rings. The van der Waals surface area contributed by atoms with Crippen molar-refractivity contribution in [1.82, 2.24) is 4.90 Å². The molecule has 27 heavy (non-hydrogen) atoms. The van der Waals surface area contributed by atoms with Gasteiger partial charge in [-0.25, -0.2) is 9.38 Å². The van der Waals surface area contributed by atoms with Gasteiger partial charge < -0.3 is 5.32 Å². The number of nitrogens with one attached hydrogen (secondary N) is 1. The number of aliphatic imine (C=N–C) groups is 1. The number of halogens is 1. The van der Waals surface area contributed by atoms with Crippen molar-refractivity contribution in [2.45, 2.75) is 11.7 Å². The number of rotatable bonds is 6. The third-order valence-electron chi connectivity index (χ3n) is 3.83. The van der Waals surface area contributed by atoms with Crippen LogP contribution in [0.2, 0.25) is 0 Å². The van der Waals surface area contributed by atoms with E-state index in [-0.39, 0.29) is 18.0 Å². The molecule has 1 N–H and O–H groups in total. The summed E-state index contributed by atoms with van der Waals surface area (Å²) < 4.78 is 13.7. The van der Waals surface area contributed by atoms with Crippen molar-refractivity contribution in [2.75, 3.05) is 11.9 Å². The summed E-state index contributed by atoms with van der Waals surface area (Å²) in [5, 5.41) is 2.42. The largest absolute Gasteiger partial charge is 0.324 e. The minimum atomic E-state index is -0.612. The Morgan fingerprint density at radius 3 is 2.63 bits per heavy atom. The predicted molar refractivity (Wildman–Crippen MR) is 106 cm³/mol. The van der Waals surface area contributed by atoms with Crippen LogP contribution in [0.3, 0.4) is 0 Å². The second-order valence-corrected chi connectivity index (χ2v) is 6.98. The number of carbonyl (C=O) groups excluding carboxylic acids is 2. The molecular formula is C20H18FN3O2S. The Balaban J connectivity index is 1.73. The molecule has 0 spiro atoms. The number of hydrogen-bond acceptors (Lipinski definition) is 4. The van der Waals surface area contributed by atoms with E-state index >= 15 is 0 Å². The Morgan fingerprint density at radius 2 is 1.93 bits per heavy atom. The quantitative estimate of drug-likeness (QED) is 0.768. The minimum absolute atomic E-state index is 0.0702. The van der Waals surface area contributed by atoms with Gasteiger partial charge in [-0.2, -0.15) is 0 Å². The SMILES string of the molecule is C=CCN1C(=O)[C@H](CC(=O)Nc2ccccc2F)SC1=Nc1ccccc1. The molecule has 138 valence electrons. The molecule has 1 aliphatic heterocycles. The van der Waals surface area contributed by atoms with Gasteiger partial charge in [0.2, 0.25) is 11.8 Å². The highest BCUT2D eigenvalue weighted by Gasteiger charge is 2.38. The summed E-state index contributed by atoms with van der Waals surface area (Å²) in [6.45, 7) is 3.98. The van der Waals surface area contributed by atoms with Crippen molar-refractivity contribution < 1.29 is 14.0 Å². The second kappa shape index (κ2) is 8.64. The first-order valence-corrected chi connectivity index (χ1v) is 9.23. The third kappa shape index (κ3) is 4.62. The maximum absolute atomic E-state index is 13.7. The summed E-state index contributed by atoms with van der Waals surface area (Å²) in [6, 6.07) is 15.2. The van der Waals surface area contributed by atoms with Gasteiger partial charge in [0, 0.05) is 13.0 Å². The van der Waals surface area contributed by atoms with Gasteiger partial charge in [-0.05, 0) is 24.3 Å². The summed E-state index contributed by atoms with van der Waals surface area (Å²) >= 11 is 1.23. The van der Waals surface area contributed by atoms with Gasteiger partial charge in [0.25, 0.3) is 0 Å². The van der Waals surface area contributed by atoms with Gasteiger partial charge in [-0.3, -0.25) is 14.5 Å². The molecule has 2 aromatic carbocycles. The van der Waals surface area contributed by atoms with Gasteiger partial charge in [0.15, 0.2) is 5.17 Å². The monoisotopic (exact) mass is 383 g/mol. The van der Waals surface area contributed by atoms with Gasteiger partial charge in [-0.15, -0.1) is 6.58 Å². The summed E-state index contributed by atoms with van der Waals surface area (Å²) in [6.07, 6.45) is 1.54. The molecule has 2 amide bonds. The van der Waals surface area contributed by atoms with Crippen molar-refractivity contribution in [1.29, 1.82) is 0 Å². The standard InChI is InChI=1S/C20H18FN3O2S/c1-2-12-24-19(26)17(27-20(24)22-14-8-4-3-5-9-14)13-18(25)23-16-11-7-6-10-15(16)21/h2-11,17H,1,12-13H2,(H,23,25)/t17-/m0/s1. The first-order valence-electron chi connectivity index (χ1n) is 8.35. The fraction of sp³-hybridized carbons (Fsp3) is 0.150. The molecule has 1 heterocycles.